The minimum atomic E-state index is -0.533. The second kappa shape index (κ2) is 7.31. The highest BCUT2D eigenvalue weighted by molar-refractivity contribution is 6.35. The van der Waals surface area contributed by atoms with Gasteiger partial charge in [-0.05, 0) is 32.8 Å². The smallest absolute Gasteiger partial charge is 0.312 e. The number of nitrogens with zero attached hydrogens (tertiary/aromatic N) is 4. The maximum atomic E-state index is 12.4. The fraction of sp³-hybridized carbons (Fsp3) is 0.556. The van der Waals surface area contributed by atoms with Gasteiger partial charge in [0.15, 0.2) is 0 Å². The summed E-state index contributed by atoms with van der Waals surface area (Å²) in [5.41, 5.74) is 2.83. The van der Waals surface area contributed by atoms with E-state index in [1.165, 1.54) is 4.90 Å². The molecule has 26 heavy (non-hydrogen) atoms. The number of rotatable bonds is 3. The zero-order chi connectivity index (χ0) is 18.8. The Balaban J connectivity index is 1.52. The molecule has 1 aliphatic heterocycles. The second-order valence-electron chi connectivity index (χ2n) is 6.91. The SMILES string of the molecule is Cc1nn(C)c(C)c1C=CC(=O)N1CCN(C(=O)C(=O)NC2CC2)CC1. The Hall–Kier alpha value is -2.64. The van der Waals surface area contributed by atoms with Crippen molar-refractivity contribution >= 4 is 23.8 Å². The van der Waals surface area contributed by atoms with E-state index in [-0.39, 0.29) is 11.9 Å². The Kier molecular flexibility index (Phi) is 5.11. The van der Waals surface area contributed by atoms with Crippen LogP contribution in [0.25, 0.3) is 6.08 Å². The molecule has 8 nitrogen and oxygen atoms in total. The summed E-state index contributed by atoms with van der Waals surface area (Å²) in [6, 6.07) is 0.166. The first-order valence-electron chi connectivity index (χ1n) is 8.93. The standard InChI is InChI=1S/C18H25N5O3/c1-12-15(13(2)21(3)20-12)6-7-16(24)22-8-10-23(11-9-22)18(26)17(25)19-14-4-5-14/h6-7,14H,4-5,8-11H2,1-3H3,(H,19,25). The predicted octanol–water partition coefficient (Wildman–Crippen LogP) is -0.000460. The molecule has 0 unspecified atom stereocenters. The number of carbonyl (C=O) groups is 3. The van der Waals surface area contributed by atoms with Crippen LogP contribution in [0.5, 0.6) is 0 Å². The van der Waals surface area contributed by atoms with Gasteiger partial charge in [0, 0.05) is 56.6 Å². The van der Waals surface area contributed by atoms with Crippen molar-refractivity contribution in [3.05, 3.63) is 23.0 Å². The molecule has 140 valence electrons. The molecule has 0 atom stereocenters. The highest BCUT2D eigenvalue weighted by atomic mass is 16.2. The fourth-order valence-corrected chi connectivity index (χ4v) is 3.04. The van der Waals surface area contributed by atoms with E-state index in [9.17, 15) is 14.4 Å². The summed E-state index contributed by atoms with van der Waals surface area (Å²) >= 11 is 0. The molecule has 0 radical (unpaired) electrons. The minimum absolute atomic E-state index is 0.0952. The van der Waals surface area contributed by atoms with E-state index in [0.717, 1.165) is 29.8 Å². The molecule has 2 heterocycles. The van der Waals surface area contributed by atoms with Gasteiger partial charge in [-0.25, -0.2) is 0 Å². The lowest BCUT2D eigenvalue weighted by Gasteiger charge is -2.33. The first-order valence-corrected chi connectivity index (χ1v) is 8.93. The lowest BCUT2D eigenvalue weighted by Crippen LogP contribution is -2.53. The van der Waals surface area contributed by atoms with Crippen molar-refractivity contribution in [2.75, 3.05) is 26.2 Å². The van der Waals surface area contributed by atoms with Crippen LogP contribution in [0.1, 0.15) is 29.8 Å². The van der Waals surface area contributed by atoms with Gasteiger partial charge < -0.3 is 15.1 Å². The largest absolute Gasteiger partial charge is 0.345 e. The minimum Gasteiger partial charge on any atom is -0.345 e. The third-order valence-electron chi connectivity index (χ3n) is 4.94. The number of aryl methyl sites for hydroxylation is 2. The van der Waals surface area contributed by atoms with Gasteiger partial charge in [-0.2, -0.15) is 5.10 Å². The van der Waals surface area contributed by atoms with E-state index in [1.54, 1.807) is 21.7 Å². The van der Waals surface area contributed by atoms with Gasteiger partial charge >= 0.3 is 11.8 Å². The number of nitrogens with one attached hydrogen (secondary N) is 1. The van der Waals surface area contributed by atoms with E-state index in [0.29, 0.717) is 26.2 Å². The molecule has 8 heteroatoms. The summed E-state index contributed by atoms with van der Waals surface area (Å²) in [6.45, 7) is 5.48. The molecule has 1 saturated heterocycles. The summed E-state index contributed by atoms with van der Waals surface area (Å²) in [4.78, 5) is 39.5. The van der Waals surface area contributed by atoms with Crippen LogP contribution >= 0.6 is 0 Å². The Morgan fingerprint density at radius 2 is 1.69 bits per heavy atom. The number of hydrogen-bond donors (Lipinski definition) is 1. The quantitative estimate of drug-likeness (QED) is 0.608. The predicted molar refractivity (Wildman–Crippen MR) is 96.0 cm³/mol. The van der Waals surface area contributed by atoms with E-state index < -0.39 is 11.8 Å². The van der Waals surface area contributed by atoms with Crippen molar-refractivity contribution in [2.45, 2.75) is 32.7 Å². The zero-order valence-electron chi connectivity index (χ0n) is 15.5. The van der Waals surface area contributed by atoms with Crippen molar-refractivity contribution in [1.29, 1.82) is 0 Å². The Morgan fingerprint density at radius 3 is 2.23 bits per heavy atom. The van der Waals surface area contributed by atoms with Gasteiger partial charge in [-0.3, -0.25) is 19.1 Å². The number of aromatic nitrogens is 2. The molecule has 1 aromatic heterocycles. The molecule has 2 fully saturated rings. The molecule has 1 aromatic rings. The van der Waals surface area contributed by atoms with Gasteiger partial charge in [0.25, 0.3) is 0 Å². The Morgan fingerprint density at radius 1 is 1.08 bits per heavy atom. The van der Waals surface area contributed by atoms with Gasteiger partial charge in [0.05, 0.1) is 5.69 Å². The first kappa shape index (κ1) is 18.2. The topological polar surface area (TPSA) is 87.5 Å². The summed E-state index contributed by atoms with van der Waals surface area (Å²) in [7, 11) is 1.87. The summed E-state index contributed by atoms with van der Waals surface area (Å²) in [5, 5.41) is 7.04. The number of hydrogen-bond acceptors (Lipinski definition) is 4. The molecule has 3 amide bonds. The normalized spacial score (nSPS) is 17.7. The molecule has 1 saturated carbocycles. The molecule has 3 rings (SSSR count). The number of carbonyl (C=O) groups excluding carboxylic acids is 3. The first-order chi connectivity index (χ1) is 12.4. The summed E-state index contributed by atoms with van der Waals surface area (Å²) in [5.74, 6) is -1.13. The van der Waals surface area contributed by atoms with E-state index in [4.69, 9.17) is 0 Å². The summed E-state index contributed by atoms with van der Waals surface area (Å²) in [6.07, 6.45) is 5.24. The maximum Gasteiger partial charge on any atom is 0.312 e. The lowest BCUT2D eigenvalue weighted by molar-refractivity contribution is -0.148. The van der Waals surface area contributed by atoms with Crippen molar-refractivity contribution in [2.24, 2.45) is 7.05 Å². The average Bonchev–Trinajstić information content (AvgIpc) is 3.40. The third kappa shape index (κ3) is 3.95. The van der Waals surface area contributed by atoms with Crippen molar-refractivity contribution in [3.8, 4) is 0 Å². The third-order valence-corrected chi connectivity index (χ3v) is 4.94. The molecule has 0 bridgehead atoms. The van der Waals surface area contributed by atoms with Gasteiger partial charge in [0.1, 0.15) is 0 Å². The monoisotopic (exact) mass is 359 g/mol. The van der Waals surface area contributed by atoms with Gasteiger partial charge in [-0.1, -0.05) is 0 Å². The Labute approximate surface area is 152 Å². The van der Waals surface area contributed by atoms with Crippen molar-refractivity contribution in [3.63, 3.8) is 0 Å². The van der Waals surface area contributed by atoms with Crippen LogP contribution in [0.3, 0.4) is 0 Å². The molecule has 0 aromatic carbocycles. The van der Waals surface area contributed by atoms with E-state index in [1.807, 2.05) is 20.9 Å². The second-order valence-corrected chi connectivity index (χ2v) is 6.91. The van der Waals surface area contributed by atoms with Crippen LogP contribution in [0.4, 0.5) is 0 Å². The molecule has 0 spiro atoms. The van der Waals surface area contributed by atoms with Gasteiger partial charge in [-0.15, -0.1) is 0 Å². The van der Waals surface area contributed by atoms with Crippen LogP contribution in [0, 0.1) is 13.8 Å². The van der Waals surface area contributed by atoms with Gasteiger partial charge in [0.2, 0.25) is 5.91 Å². The number of amides is 3. The van der Waals surface area contributed by atoms with Crippen LogP contribution in [-0.4, -0.2) is 69.5 Å². The van der Waals surface area contributed by atoms with E-state index in [2.05, 4.69) is 10.4 Å². The molecular formula is C18H25N5O3. The van der Waals surface area contributed by atoms with Crippen molar-refractivity contribution in [1.82, 2.24) is 24.9 Å². The fourth-order valence-electron chi connectivity index (χ4n) is 3.04. The van der Waals surface area contributed by atoms with E-state index >= 15 is 0 Å². The summed E-state index contributed by atoms with van der Waals surface area (Å²) < 4.78 is 1.79. The maximum absolute atomic E-state index is 12.4. The van der Waals surface area contributed by atoms with Crippen LogP contribution in [0.15, 0.2) is 6.08 Å². The van der Waals surface area contributed by atoms with Crippen LogP contribution in [0.2, 0.25) is 0 Å². The lowest BCUT2D eigenvalue weighted by atomic mass is 10.2. The number of piperazine rings is 1. The average molecular weight is 359 g/mol. The highest BCUT2D eigenvalue weighted by Crippen LogP contribution is 2.18. The van der Waals surface area contributed by atoms with Crippen molar-refractivity contribution < 1.29 is 14.4 Å². The molecule has 2 aliphatic rings. The van der Waals surface area contributed by atoms with Crippen LogP contribution < -0.4 is 5.32 Å². The molecule has 1 aliphatic carbocycles. The molecular weight excluding hydrogens is 334 g/mol. The van der Waals surface area contributed by atoms with Crippen LogP contribution in [-0.2, 0) is 21.4 Å². The molecule has 1 N–H and O–H groups in total. The Bertz CT molecular complexity index is 755. The highest BCUT2D eigenvalue weighted by Gasteiger charge is 2.31. The zero-order valence-corrected chi connectivity index (χ0v) is 15.5.